The number of aliphatic hydroxyl groups excluding tert-OH is 1. The topological polar surface area (TPSA) is 42.4 Å². The summed E-state index contributed by atoms with van der Waals surface area (Å²) in [7, 11) is 0. The fourth-order valence-corrected chi connectivity index (χ4v) is 2.15. The van der Waals surface area contributed by atoms with Gasteiger partial charge in [0, 0.05) is 11.6 Å². The second kappa shape index (κ2) is 5.72. The van der Waals surface area contributed by atoms with Gasteiger partial charge in [0.15, 0.2) is 0 Å². The van der Waals surface area contributed by atoms with Crippen molar-refractivity contribution in [2.24, 2.45) is 0 Å². The van der Waals surface area contributed by atoms with Crippen molar-refractivity contribution in [3.05, 3.63) is 72.6 Å². The van der Waals surface area contributed by atoms with Gasteiger partial charge in [0.1, 0.15) is 18.5 Å². The average Bonchev–Trinajstić information content (AvgIpc) is 2.53. The monoisotopic (exact) mass is 265 g/mol. The van der Waals surface area contributed by atoms with Crippen molar-refractivity contribution in [2.75, 3.05) is 6.61 Å². The van der Waals surface area contributed by atoms with E-state index >= 15 is 0 Å². The molecule has 0 fully saturated rings. The number of aromatic nitrogens is 1. The third-order valence-electron chi connectivity index (χ3n) is 3.18. The standard InChI is InChI=1S/C17H15NO2/c19-16(15-9-3-4-11-18-15)12-20-17-10-5-7-13-6-1-2-8-14(13)17/h1-11,16,19H,12H2/t16-/m1/s1. The summed E-state index contributed by atoms with van der Waals surface area (Å²) < 4.78 is 5.75. The van der Waals surface area contributed by atoms with Crippen molar-refractivity contribution in [3.63, 3.8) is 0 Å². The van der Waals surface area contributed by atoms with Gasteiger partial charge in [-0.05, 0) is 23.6 Å². The fraction of sp³-hybridized carbons (Fsp3) is 0.118. The fourth-order valence-electron chi connectivity index (χ4n) is 2.15. The van der Waals surface area contributed by atoms with Crippen LogP contribution in [0.5, 0.6) is 5.75 Å². The lowest BCUT2D eigenvalue weighted by Crippen LogP contribution is -2.11. The van der Waals surface area contributed by atoms with Crippen molar-refractivity contribution >= 4 is 10.8 Å². The van der Waals surface area contributed by atoms with E-state index in [1.165, 1.54) is 0 Å². The van der Waals surface area contributed by atoms with E-state index in [2.05, 4.69) is 4.98 Å². The van der Waals surface area contributed by atoms with E-state index in [1.807, 2.05) is 54.6 Å². The number of pyridine rings is 1. The summed E-state index contributed by atoms with van der Waals surface area (Å²) in [5.74, 6) is 0.776. The number of benzene rings is 2. The molecule has 3 aromatic rings. The third-order valence-corrected chi connectivity index (χ3v) is 3.18. The van der Waals surface area contributed by atoms with E-state index in [0.29, 0.717) is 5.69 Å². The molecule has 0 saturated heterocycles. The van der Waals surface area contributed by atoms with E-state index in [1.54, 1.807) is 12.3 Å². The summed E-state index contributed by atoms with van der Waals surface area (Å²) in [5, 5.41) is 12.2. The van der Waals surface area contributed by atoms with Gasteiger partial charge in [0.25, 0.3) is 0 Å². The van der Waals surface area contributed by atoms with E-state index in [9.17, 15) is 5.11 Å². The van der Waals surface area contributed by atoms with Gasteiger partial charge in [0.05, 0.1) is 5.69 Å². The second-order valence-electron chi connectivity index (χ2n) is 4.56. The van der Waals surface area contributed by atoms with Crippen molar-refractivity contribution in [3.8, 4) is 5.75 Å². The molecule has 1 N–H and O–H groups in total. The van der Waals surface area contributed by atoms with Gasteiger partial charge in [-0.15, -0.1) is 0 Å². The summed E-state index contributed by atoms with van der Waals surface area (Å²) >= 11 is 0. The summed E-state index contributed by atoms with van der Waals surface area (Å²) in [4.78, 5) is 4.12. The minimum Gasteiger partial charge on any atom is -0.490 e. The SMILES string of the molecule is O[C@H](COc1cccc2ccccc12)c1ccccn1. The van der Waals surface area contributed by atoms with Gasteiger partial charge in [-0.25, -0.2) is 0 Å². The van der Waals surface area contributed by atoms with E-state index in [4.69, 9.17) is 4.74 Å². The minimum atomic E-state index is -0.727. The first-order valence-corrected chi connectivity index (χ1v) is 6.54. The normalized spacial score (nSPS) is 12.2. The molecule has 0 unspecified atom stereocenters. The zero-order valence-corrected chi connectivity index (χ0v) is 10.9. The molecule has 20 heavy (non-hydrogen) atoms. The first-order chi connectivity index (χ1) is 9.84. The molecule has 0 saturated carbocycles. The molecule has 1 aromatic heterocycles. The molecule has 3 heteroatoms. The number of aliphatic hydroxyl groups is 1. The Hall–Kier alpha value is -2.39. The van der Waals surface area contributed by atoms with Crippen LogP contribution in [0.4, 0.5) is 0 Å². The van der Waals surface area contributed by atoms with Crippen LogP contribution in [-0.2, 0) is 0 Å². The van der Waals surface area contributed by atoms with Crippen LogP contribution < -0.4 is 4.74 Å². The van der Waals surface area contributed by atoms with Gasteiger partial charge < -0.3 is 9.84 Å². The molecule has 0 aliphatic rings. The summed E-state index contributed by atoms with van der Waals surface area (Å²) in [6.45, 7) is 0.186. The molecule has 0 aliphatic carbocycles. The van der Waals surface area contributed by atoms with Crippen LogP contribution >= 0.6 is 0 Å². The molecule has 1 heterocycles. The molecular weight excluding hydrogens is 250 g/mol. The molecule has 0 radical (unpaired) electrons. The Morgan fingerprint density at radius 2 is 1.75 bits per heavy atom. The Morgan fingerprint density at radius 3 is 2.60 bits per heavy atom. The minimum absolute atomic E-state index is 0.186. The maximum absolute atomic E-state index is 10.1. The lowest BCUT2D eigenvalue weighted by atomic mass is 10.1. The molecule has 0 aliphatic heterocycles. The van der Waals surface area contributed by atoms with Crippen molar-refractivity contribution < 1.29 is 9.84 Å². The Morgan fingerprint density at radius 1 is 0.950 bits per heavy atom. The highest BCUT2D eigenvalue weighted by molar-refractivity contribution is 5.88. The number of nitrogens with zero attached hydrogens (tertiary/aromatic N) is 1. The van der Waals surface area contributed by atoms with Crippen LogP contribution in [-0.4, -0.2) is 16.7 Å². The highest BCUT2D eigenvalue weighted by atomic mass is 16.5. The summed E-state index contributed by atoms with van der Waals surface area (Å²) in [6, 6.07) is 19.4. The highest BCUT2D eigenvalue weighted by Crippen LogP contribution is 2.26. The zero-order valence-electron chi connectivity index (χ0n) is 10.9. The van der Waals surface area contributed by atoms with E-state index < -0.39 is 6.10 Å². The van der Waals surface area contributed by atoms with E-state index in [0.717, 1.165) is 16.5 Å². The van der Waals surface area contributed by atoms with E-state index in [-0.39, 0.29) is 6.61 Å². The van der Waals surface area contributed by atoms with Gasteiger partial charge in [0.2, 0.25) is 0 Å². The molecule has 1 atom stereocenters. The smallest absolute Gasteiger partial charge is 0.130 e. The lowest BCUT2D eigenvalue weighted by Gasteiger charge is -2.13. The second-order valence-corrected chi connectivity index (χ2v) is 4.56. The van der Waals surface area contributed by atoms with Crippen LogP contribution in [0.1, 0.15) is 11.8 Å². The van der Waals surface area contributed by atoms with Gasteiger partial charge in [-0.1, -0.05) is 42.5 Å². The highest BCUT2D eigenvalue weighted by Gasteiger charge is 2.10. The number of hydrogen-bond donors (Lipinski definition) is 1. The first-order valence-electron chi connectivity index (χ1n) is 6.54. The Bertz CT molecular complexity index is 692. The van der Waals surface area contributed by atoms with Gasteiger partial charge in [-0.3, -0.25) is 4.98 Å². The summed E-state index contributed by atoms with van der Waals surface area (Å²) in [5.41, 5.74) is 0.618. The van der Waals surface area contributed by atoms with Gasteiger partial charge >= 0.3 is 0 Å². The molecule has 0 amide bonds. The quantitative estimate of drug-likeness (QED) is 0.786. The predicted molar refractivity (Wildman–Crippen MR) is 78.6 cm³/mol. The first kappa shape index (κ1) is 12.6. The number of rotatable bonds is 4. The molecule has 0 spiro atoms. The molecule has 100 valence electrons. The Labute approximate surface area is 117 Å². The molecule has 3 nitrogen and oxygen atoms in total. The zero-order chi connectivity index (χ0) is 13.8. The molecule has 2 aromatic carbocycles. The maximum atomic E-state index is 10.1. The van der Waals surface area contributed by atoms with Crippen LogP contribution in [0.15, 0.2) is 66.9 Å². The van der Waals surface area contributed by atoms with Crippen molar-refractivity contribution in [2.45, 2.75) is 6.10 Å². The summed E-state index contributed by atoms with van der Waals surface area (Å²) in [6.07, 6.45) is 0.936. The van der Waals surface area contributed by atoms with Crippen LogP contribution in [0.25, 0.3) is 10.8 Å². The van der Waals surface area contributed by atoms with Crippen molar-refractivity contribution in [1.82, 2.24) is 4.98 Å². The number of ether oxygens (including phenoxy) is 1. The third kappa shape index (κ3) is 2.63. The number of hydrogen-bond acceptors (Lipinski definition) is 3. The van der Waals surface area contributed by atoms with Crippen molar-refractivity contribution in [1.29, 1.82) is 0 Å². The molecule has 0 bridgehead atoms. The van der Waals surface area contributed by atoms with Crippen LogP contribution in [0.2, 0.25) is 0 Å². The number of fused-ring (bicyclic) bond motifs is 1. The maximum Gasteiger partial charge on any atom is 0.130 e. The lowest BCUT2D eigenvalue weighted by molar-refractivity contribution is 0.105. The van der Waals surface area contributed by atoms with Crippen LogP contribution in [0, 0.1) is 0 Å². The molecular formula is C17H15NO2. The average molecular weight is 265 g/mol. The molecule has 3 rings (SSSR count). The Balaban J connectivity index is 1.77. The van der Waals surface area contributed by atoms with Crippen LogP contribution in [0.3, 0.4) is 0 Å². The largest absolute Gasteiger partial charge is 0.490 e. The Kier molecular flexibility index (Phi) is 3.61. The predicted octanol–water partition coefficient (Wildman–Crippen LogP) is 3.35. The van der Waals surface area contributed by atoms with Gasteiger partial charge in [-0.2, -0.15) is 0 Å².